The van der Waals surface area contributed by atoms with E-state index in [1.165, 1.54) is 0 Å². The molecular weight excluding hydrogens is 331 g/mol. The van der Waals surface area contributed by atoms with E-state index in [2.05, 4.69) is 15.1 Å². The maximum atomic E-state index is 5.96. The van der Waals surface area contributed by atoms with E-state index in [0.29, 0.717) is 21.6 Å². The summed E-state index contributed by atoms with van der Waals surface area (Å²) in [6, 6.07) is 16.9. The second-order valence-corrected chi connectivity index (χ2v) is 5.86. The topological polar surface area (TPSA) is 43.1 Å². The van der Waals surface area contributed by atoms with Crippen LogP contribution in [0.5, 0.6) is 0 Å². The first-order valence-corrected chi connectivity index (χ1v) is 7.70. The number of hydrogen-bond acceptors (Lipinski definition) is 3. The first-order valence-electron chi connectivity index (χ1n) is 6.94. The van der Waals surface area contributed by atoms with E-state index in [9.17, 15) is 0 Å². The Kier molecular flexibility index (Phi) is 3.48. The molecule has 0 spiro atoms. The standard InChI is InChI=1S/C17H10Cl2N4/c18-13-5-1-11(2-6-13)15-9-10-20-17-21-16(22-23(15)17)12-3-7-14(19)8-4-12/h1-10H. The van der Waals surface area contributed by atoms with Crippen molar-refractivity contribution < 1.29 is 0 Å². The number of rotatable bonds is 2. The molecule has 0 radical (unpaired) electrons. The fraction of sp³-hybridized carbons (Fsp3) is 0. The summed E-state index contributed by atoms with van der Waals surface area (Å²) >= 11 is 11.9. The molecule has 112 valence electrons. The largest absolute Gasteiger partial charge is 0.253 e. The van der Waals surface area contributed by atoms with Crippen LogP contribution in [0.15, 0.2) is 60.8 Å². The van der Waals surface area contributed by atoms with Gasteiger partial charge in [-0.25, -0.2) is 4.98 Å². The summed E-state index contributed by atoms with van der Waals surface area (Å²) in [4.78, 5) is 8.77. The lowest BCUT2D eigenvalue weighted by Gasteiger charge is -2.03. The van der Waals surface area contributed by atoms with Gasteiger partial charge in [0.05, 0.1) is 5.69 Å². The number of hydrogen-bond donors (Lipinski definition) is 0. The molecule has 0 fully saturated rings. The van der Waals surface area contributed by atoms with Gasteiger partial charge in [-0.2, -0.15) is 9.50 Å². The van der Waals surface area contributed by atoms with Crippen LogP contribution in [0.25, 0.3) is 28.4 Å². The molecule has 4 aromatic rings. The van der Waals surface area contributed by atoms with Crippen molar-refractivity contribution in [1.82, 2.24) is 19.6 Å². The van der Waals surface area contributed by atoms with Crippen molar-refractivity contribution in [3.05, 3.63) is 70.8 Å². The van der Waals surface area contributed by atoms with Gasteiger partial charge in [0.15, 0.2) is 5.82 Å². The predicted octanol–water partition coefficient (Wildman–Crippen LogP) is 4.77. The second kappa shape index (κ2) is 5.65. The summed E-state index contributed by atoms with van der Waals surface area (Å²) in [5, 5.41) is 5.95. The van der Waals surface area contributed by atoms with Gasteiger partial charge in [-0.05, 0) is 42.5 Å². The molecule has 0 saturated heterocycles. The van der Waals surface area contributed by atoms with Crippen molar-refractivity contribution in [1.29, 1.82) is 0 Å². The minimum absolute atomic E-state index is 0.544. The van der Waals surface area contributed by atoms with Crippen LogP contribution in [0.2, 0.25) is 10.0 Å². The van der Waals surface area contributed by atoms with Gasteiger partial charge in [0.1, 0.15) is 0 Å². The smallest absolute Gasteiger partial charge is 0.220 e. The number of halogens is 2. The van der Waals surface area contributed by atoms with Gasteiger partial charge >= 0.3 is 0 Å². The maximum absolute atomic E-state index is 5.96. The van der Waals surface area contributed by atoms with E-state index in [1.807, 2.05) is 54.6 Å². The molecule has 23 heavy (non-hydrogen) atoms. The molecule has 0 aliphatic carbocycles. The summed E-state index contributed by atoms with van der Waals surface area (Å²) < 4.78 is 1.73. The number of nitrogens with zero attached hydrogens (tertiary/aromatic N) is 4. The molecule has 6 heteroatoms. The molecule has 0 N–H and O–H groups in total. The first-order chi connectivity index (χ1) is 11.2. The quantitative estimate of drug-likeness (QED) is 0.528. The van der Waals surface area contributed by atoms with Crippen LogP contribution >= 0.6 is 23.2 Å². The zero-order valence-corrected chi connectivity index (χ0v) is 13.3. The fourth-order valence-electron chi connectivity index (χ4n) is 2.35. The third kappa shape index (κ3) is 2.67. The van der Waals surface area contributed by atoms with Crippen molar-refractivity contribution in [2.75, 3.05) is 0 Å². The van der Waals surface area contributed by atoms with Gasteiger partial charge in [0.2, 0.25) is 0 Å². The van der Waals surface area contributed by atoms with Gasteiger partial charge in [-0.15, -0.1) is 5.10 Å². The van der Waals surface area contributed by atoms with Gasteiger partial charge < -0.3 is 0 Å². The number of aromatic nitrogens is 4. The van der Waals surface area contributed by atoms with Gasteiger partial charge in [-0.3, -0.25) is 0 Å². The summed E-state index contributed by atoms with van der Waals surface area (Å²) in [6.45, 7) is 0. The SMILES string of the molecule is Clc1ccc(-c2nc3nccc(-c4ccc(Cl)cc4)n3n2)cc1. The van der Waals surface area contributed by atoms with Gasteiger partial charge in [-0.1, -0.05) is 35.3 Å². The Labute approximate surface area is 142 Å². The lowest BCUT2D eigenvalue weighted by atomic mass is 10.1. The van der Waals surface area contributed by atoms with E-state index in [1.54, 1.807) is 10.7 Å². The zero-order valence-electron chi connectivity index (χ0n) is 11.8. The van der Waals surface area contributed by atoms with Crippen LogP contribution in [0.1, 0.15) is 0 Å². The van der Waals surface area contributed by atoms with E-state index in [0.717, 1.165) is 16.8 Å². The van der Waals surface area contributed by atoms with Crippen LogP contribution in [0, 0.1) is 0 Å². The number of benzene rings is 2. The molecule has 0 bridgehead atoms. The van der Waals surface area contributed by atoms with Crippen LogP contribution in [-0.4, -0.2) is 19.6 Å². The molecule has 4 nitrogen and oxygen atoms in total. The van der Waals surface area contributed by atoms with E-state index in [-0.39, 0.29) is 0 Å². The van der Waals surface area contributed by atoms with Crippen LogP contribution in [-0.2, 0) is 0 Å². The highest BCUT2D eigenvalue weighted by Crippen LogP contribution is 2.24. The average molecular weight is 341 g/mol. The van der Waals surface area contributed by atoms with Crippen LogP contribution in [0.3, 0.4) is 0 Å². The van der Waals surface area contributed by atoms with Gasteiger partial charge in [0, 0.05) is 27.4 Å². The molecule has 0 atom stereocenters. The molecular formula is C17H10Cl2N4. The molecule has 0 aliphatic rings. The van der Waals surface area contributed by atoms with Crippen molar-refractivity contribution in [3.8, 4) is 22.6 Å². The molecule has 2 aromatic heterocycles. The first kappa shape index (κ1) is 14.2. The zero-order chi connectivity index (χ0) is 15.8. The molecule has 0 amide bonds. The van der Waals surface area contributed by atoms with E-state index >= 15 is 0 Å². The van der Waals surface area contributed by atoms with Crippen molar-refractivity contribution in [2.45, 2.75) is 0 Å². The van der Waals surface area contributed by atoms with E-state index in [4.69, 9.17) is 23.2 Å². The summed E-state index contributed by atoms with van der Waals surface area (Å²) in [6.07, 6.45) is 1.72. The Bertz CT molecular complexity index is 976. The minimum Gasteiger partial charge on any atom is -0.220 e. The van der Waals surface area contributed by atoms with Crippen molar-refractivity contribution in [2.24, 2.45) is 0 Å². The van der Waals surface area contributed by atoms with Crippen molar-refractivity contribution >= 4 is 29.0 Å². The molecule has 4 rings (SSSR count). The molecule has 2 heterocycles. The number of fused-ring (bicyclic) bond motifs is 1. The fourth-order valence-corrected chi connectivity index (χ4v) is 2.61. The summed E-state index contributed by atoms with van der Waals surface area (Å²) in [5.41, 5.74) is 2.79. The highest BCUT2D eigenvalue weighted by Gasteiger charge is 2.11. The normalized spacial score (nSPS) is 11.0. The average Bonchev–Trinajstić information content (AvgIpc) is 3.00. The molecule has 2 aromatic carbocycles. The van der Waals surface area contributed by atoms with Crippen LogP contribution in [0.4, 0.5) is 0 Å². The highest BCUT2D eigenvalue weighted by molar-refractivity contribution is 6.30. The molecule has 0 saturated carbocycles. The summed E-state index contributed by atoms with van der Waals surface area (Å²) in [7, 11) is 0. The minimum atomic E-state index is 0.544. The Morgan fingerprint density at radius 3 is 2.00 bits per heavy atom. The third-order valence-corrected chi connectivity index (χ3v) is 3.99. The van der Waals surface area contributed by atoms with E-state index < -0.39 is 0 Å². The molecule has 0 unspecified atom stereocenters. The highest BCUT2D eigenvalue weighted by atomic mass is 35.5. The van der Waals surface area contributed by atoms with Crippen molar-refractivity contribution in [3.63, 3.8) is 0 Å². The maximum Gasteiger partial charge on any atom is 0.253 e. The summed E-state index contributed by atoms with van der Waals surface area (Å²) in [5.74, 6) is 1.15. The Morgan fingerprint density at radius 1 is 0.739 bits per heavy atom. The lowest BCUT2D eigenvalue weighted by molar-refractivity contribution is 0.951. The second-order valence-electron chi connectivity index (χ2n) is 4.99. The van der Waals surface area contributed by atoms with Gasteiger partial charge in [0.25, 0.3) is 5.78 Å². The van der Waals surface area contributed by atoms with Crippen LogP contribution < -0.4 is 0 Å². The lowest BCUT2D eigenvalue weighted by Crippen LogP contribution is -1.95. The monoisotopic (exact) mass is 340 g/mol. The Balaban J connectivity index is 1.87. The third-order valence-electron chi connectivity index (χ3n) is 3.48. The molecule has 0 aliphatic heterocycles. The Morgan fingerprint density at radius 2 is 1.35 bits per heavy atom. The predicted molar refractivity (Wildman–Crippen MR) is 91.7 cm³/mol. The Hall–Kier alpha value is -2.43.